The minimum Gasteiger partial charge on any atom is -0.490 e. The van der Waals surface area contributed by atoms with Gasteiger partial charge in [0.2, 0.25) is 0 Å². The lowest BCUT2D eigenvalue weighted by Gasteiger charge is -2.16. The lowest BCUT2D eigenvalue weighted by molar-refractivity contribution is -0.137. The number of carbonyl (C=O) groups excluding carboxylic acids is 1. The third-order valence-corrected chi connectivity index (χ3v) is 6.97. The van der Waals surface area contributed by atoms with Crippen LogP contribution in [0.25, 0.3) is 6.08 Å². The molecule has 0 radical (unpaired) electrons. The molecule has 4 aromatic carbocycles. The van der Waals surface area contributed by atoms with Crippen molar-refractivity contribution in [1.82, 2.24) is 0 Å². The number of nitrogens with one attached hydrogen (secondary N) is 1. The first-order valence-electron chi connectivity index (χ1n) is 14.2. The molecule has 4 aromatic rings. The van der Waals surface area contributed by atoms with Gasteiger partial charge in [0, 0.05) is 5.69 Å². The van der Waals surface area contributed by atoms with Crippen molar-refractivity contribution in [2.24, 2.45) is 0 Å². The molecule has 0 fully saturated rings. The van der Waals surface area contributed by atoms with E-state index >= 15 is 0 Å². The lowest BCUT2D eigenvalue weighted by atomic mass is 10.1. The van der Waals surface area contributed by atoms with E-state index in [1.807, 2.05) is 55.5 Å². The number of carbonyl (C=O) groups is 1. The Morgan fingerprint density at radius 3 is 2.24 bits per heavy atom. The first-order valence-corrected chi connectivity index (χ1v) is 15.0. The maximum atomic E-state index is 13.1. The normalized spacial score (nSPS) is 11.4. The van der Waals surface area contributed by atoms with Crippen LogP contribution in [0.5, 0.6) is 23.0 Å². The van der Waals surface area contributed by atoms with Crippen molar-refractivity contribution in [1.29, 1.82) is 5.26 Å². The maximum Gasteiger partial charge on any atom is 0.416 e. The highest BCUT2D eigenvalue weighted by atomic mass is 79.9. The van der Waals surface area contributed by atoms with Crippen LogP contribution in [0.4, 0.5) is 18.9 Å². The smallest absolute Gasteiger partial charge is 0.416 e. The van der Waals surface area contributed by atoms with Gasteiger partial charge in [-0.3, -0.25) is 4.79 Å². The third kappa shape index (κ3) is 9.28. The van der Waals surface area contributed by atoms with Crippen LogP contribution in [-0.4, -0.2) is 19.1 Å². The molecule has 0 aliphatic heterocycles. The second kappa shape index (κ2) is 15.9. The van der Waals surface area contributed by atoms with Crippen molar-refractivity contribution in [2.75, 3.05) is 18.5 Å². The molecule has 0 saturated carbocycles. The summed E-state index contributed by atoms with van der Waals surface area (Å²) < 4.78 is 63.5. The lowest BCUT2D eigenvalue weighted by Crippen LogP contribution is -2.14. The Labute approximate surface area is 273 Å². The van der Waals surface area contributed by atoms with Crippen LogP contribution in [-0.2, 0) is 24.2 Å². The summed E-state index contributed by atoms with van der Waals surface area (Å²) in [5.74, 6) is 1.07. The van der Waals surface area contributed by atoms with E-state index in [9.17, 15) is 23.2 Å². The average molecular weight is 696 g/mol. The third-order valence-electron chi connectivity index (χ3n) is 6.38. The van der Waals surface area contributed by atoms with Gasteiger partial charge in [-0.15, -0.1) is 0 Å². The molecule has 11 heteroatoms. The molecule has 0 unspecified atom stereocenters. The summed E-state index contributed by atoms with van der Waals surface area (Å²) in [4.78, 5) is 12.8. The van der Waals surface area contributed by atoms with Gasteiger partial charge in [0.1, 0.15) is 24.9 Å². The fourth-order valence-corrected chi connectivity index (χ4v) is 4.86. The zero-order chi connectivity index (χ0) is 33.1. The van der Waals surface area contributed by atoms with Crippen molar-refractivity contribution in [3.63, 3.8) is 0 Å². The van der Waals surface area contributed by atoms with Gasteiger partial charge in [0.05, 0.1) is 23.2 Å². The van der Waals surface area contributed by atoms with Gasteiger partial charge in [0.15, 0.2) is 23.0 Å². The van der Waals surface area contributed by atoms with Gasteiger partial charge in [-0.1, -0.05) is 42.5 Å². The van der Waals surface area contributed by atoms with E-state index in [4.69, 9.17) is 18.9 Å². The number of amides is 1. The minimum absolute atomic E-state index is 0.0933. The summed E-state index contributed by atoms with van der Waals surface area (Å²) in [5, 5.41) is 12.0. The molecule has 1 N–H and O–H groups in total. The molecule has 0 spiro atoms. The van der Waals surface area contributed by atoms with Crippen molar-refractivity contribution in [3.8, 4) is 29.1 Å². The van der Waals surface area contributed by atoms with E-state index in [1.54, 1.807) is 25.1 Å². The number of nitriles is 1. The first kappa shape index (κ1) is 33.9. The quantitative estimate of drug-likeness (QED) is 0.111. The Hall–Kier alpha value is -4.95. The van der Waals surface area contributed by atoms with Crippen molar-refractivity contribution >= 4 is 33.6 Å². The number of hydrogen-bond acceptors (Lipinski definition) is 6. The van der Waals surface area contributed by atoms with Crippen molar-refractivity contribution in [2.45, 2.75) is 33.2 Å². The highest BCUT2D eigenvalue weighted by molar-refractivity contribution is 9.10. The van der Waals surface area contributed by atoms with Gasteiger partial charge < -0.3 is 24.3 Å². The number of hydrogen-bond donors (Lipinski definition) is 1. The molecule has 0 aromatic heterocycles. The van der Waals surface area contributed by atoms with E-state index in [0.29, 0.717) is 52.9 Å². The summed E-state index contributed by atoms with van der Waals surface area (Å²) in [6, 6.07) is 24.6. The minimum atomic E-state index is -4.58. The average Bonchev–Trinajstić information content (AvgIpc) is 3.03. The van der Waals surface area contributed by atoms with Crippen LogP contribution in [0.15, 0.2) is 95.0 Å². The number of ether oxygens (including phenoxy) is 4. The van der Waals surface area contributed by atoms with E-state index < -0.39 is 17.6 Å². The Kier molecular flexibility index (Phi) is 11.7. The number of rotatable bonds is 13. The fraction of sp³-hybridized carbons (Fsp3) is 0.200. The molecule has 1 amide bonds. The van der Waals surface area contributed by atoms with Crippen LogP contribution >= 0.6 is 15.9 Å². The Morgan fingerprint density at radius 2 is 1.54 bits per heavy atom. The Morgan fingerprint density at radius 1 is 0.826 bits per heavy atom. The van der Waals surface area contributed by atoms with E-state index in [-0.39, 0.29) is 17.9 Å². The predicted molar refractivity (Wildman–Crippen MR) is 172 cm³/mol. The highest BCUT2D eigenvalue weighted by Gasteiger charge is 2.30. The van der Waals surface area contributed by atoms with Gasteiger partial charge in [0.25, 0.3) is 5.91 Å². The number of nitrogens with zero attached hydrogens (tertiary/aromatic N) is 1. The van der Waals surface area contributed by atoms with E-state index in [2.05, 4.69) is 21.2 Å². The SMILES string of the molecule is CCOc1cc(COc2c(Br)cc(/C=C(\C#N)C(=O)Nc3cccc(C(F)(F)F)c3)cc2OCC)ccc1OCc1ccccc1. The predicted octanol–water partition coefficient (Wildman–Crippen LogP) is 8.97. The molecule has 7 nitrogen and oxygen atoms in total. The number of benzene rings is 4. The topological polar surface area (TPSA) is 89.8 Å². The van der Waals surface area contributed by atoms with Crippen LogP contribution in [0, 0.1) is 11.3 Å². The Bertz CT molecular complexity index is 1740. The zero-order valence-electron chi connectivity index (χ0n) is 25.0. The summed E-state index contributed by atoms with van der Waals surface area (Å²) in [6.45, 7) is 4.99. The number of halogens is 4. The zero-order valence-corrected chi connectivity index (χ0v) is 26.6. The summed E-state index contributed by atoms with van der Waals surface area (Å²) in [5.41, 5.74) is 0.934. The summed E-state index contributed by atoms with van der Waals surface area (Å²) in [6.07, 6.45) is -3.27. The molecule has 0 aliphatic rings. The number of anilines is 1. The molecule has 0 heterocycles. The molecular formula is C35H30BrF3N2O5. The monoisotopic (exact) mass is 694 g/mol. The number of alkyl halides is 3. The molecule has 238 valence electrons. The van der Waals surface area contributed by atoms with Crippen LogP contribution in [0.2, 0.25) is 0 Å². The first-order chi connectivity index (χ1) is 22.1. The van der Waals surface area contributed by atoms with Gasteiger partial charge >= 0.3 is 6.18 Å². The molecule has 0 bridgehead atoms. The highest BCUT2D eigenvalue weighted by Crippen LogP contribution is 2.39. The molecule has 4 rings (SSSR count). The summed E-state index contributed by atoms with van der Waals surface area (Å²) in [7, 11) is 0. The molecule has 0 atom stereocenters. The molecular weight excluding hydrogens is 665 g/mol. The molecule has 46 heavy (non-hydrogen) atoms. The van der Waals surface area contributed by atoms with Gasteiger partial charge in [-0.05, 0) is 95.0 Å². The van der Waals surface area contributed by atoms with Crippen LogP contribution in [0.3, 0.4) is 0 Å². The second-order valence-corrected chi connectivity index (χ2v) is 10.6. The van der Waals surface area contributed by atoms with Crippen LogP contribution in [0.1, 0.15) is 36.1 Å². The molecule has 0 aliphatic carbocycles. The standard InChI is InChI=1S/C35H30BrF3N2O5/c1-3-43-31-17-24(13-14-30(31)45-21-23-9-6-5-7-10-23)22-46-33-29(36)16-25(18-32(33)44-4-2)15-26(20-40)34(42)41-28-12-8-11-27(19-28)35(37,38)39/h5-19H,3-4,21-22H2,1-2H3,(H,41,42)/b26-15+. The van der Waals surface area contributed by atoms with E-state index in [0.717, 1.165) is 23.3 Å². The van der Waals surface area contributed by atoms with Gasteiger partial charge in [-0.25, -0.2) is 0 Å². The van der Waals surface area contributed by atoms with E-state index in [1.165, 1.54) is 18.2 Å². The fourth-order valence-electron chi connectivity index (χ4n) is 4.28. The largest absolute Gasteiger partial charge is 0.490 e. The summed E-state index contributed by atoms with van der Waals surface area (Å²) >= 11 is 3.50. The Balaban J connectivity index is 1.51. The molecule has 0 saturated heterocycles. The second-order valence-electron chi connectivity index (χ2n) is 9.74. The van der Waals surface area contributed by atoms with Gasteiger partial charge in [-0.2, -0.15) is 18.4 Å². The van der Waals surface area contributed by atoms with Crippen LogP contribution < -0.4 is 24.3 Å². The van der Waals surface area contributed by atoms with Crippen molar-refractivity contribution in [3.05, 3.63) is 117 Å². The van der Waals surface area contributed by atoms with Crippen molar-refractivity contribution < 1.29 is 36.9 Å². The maximum absolute atomic E-state index is 13.1.